The maximum absolute atomic E-state index is 12.1. The largest absolute Gasteiger partial charge is 0.508 e. The molecule has 2 aromatic rings. The number of rotatable bonds is 3. The van der Waals surface area contributed by atoms with Crippen LogP contribution < -0.4 is 4.72 Å². The molecule has 0 aliphatic heterocycles. The van der Waals surface area contributed by atoms with Gasteiger partial charge in [0.2, 0.25) is 0 Å². The molecule has 0 aliphatic rings. The lowest BCUT2D eigenvalue weighted by atomic mass is 10.2. The summed E-state index contributed by atoms with van der Waals surface area (Å²) >= 11 is 0. The van der Waals surface area contributed by atoms with E-state index in [1.54, 1.807) is 43.3 Å². The number of hydrogen-bond donors (Lipinski definition) is 2. The molecule has 0 heterocycles. The molecule has 0 aromatic heterocycles. The van der Waals surface area contributed by atoms with Crippen molar-refractivity contribution in [2.24, 2.45) is 0 Å². The Bertz CT molecular complexity index is 671. The zero-order valence-electron chi connectivity index (χ0n) is 10.7. The summed E-state index contributed by atoms with van der Waals surface area (Å²) in [7, 11) is -3.62. The molecule has 0 aliphatic carbocycles. The van der Waals surface area contributed by atoms with Gasteiger partial charge in [-0.2, -0.15) is 0 Å². The van der Waals surface area contributed by atoms with Crippen LogP contribution >= 0.6 is 0 Å². The summed E-state index contributed by atoms with van der Waals surface area (Å²) in [6.45, 7) is 3.67. The van der Waals surface area contributed by atoms with Crippen molar-refractivity contribution >= 4 is 15.7 Å². The van der Waals surface area contributed by atoms with Crippen LogP contribution in [0.3, 0.4) is 0 Å². The summed E-state index contributed by atoms with van der Waals surface area (Å²) in [6, 6.07) is 11.2. The molecule has 5 heteroatoms. The van der Waals surface area contributed by atoms with Crippen LogP contribution in [0, 0.1) is 13.8 Å². The number of aryl methyl sites for hydroxylation is 2. The van der Waals surface area contributed by atoms with Crippen molar-refractivity contribution < 1.29 is 13.5 Å². The lowest BCUT2D eigenvalue weighted by Gasteiger charge is -2.09. The molecule has 0 amide bonds. The Morgan fingerprint density at radius 3 is 2.16 bits per heavy atom. The zero-order valence-corrected chi connectivity index (χ0v) is 11.5. The highest BCUT2D eigenvalue weighted by molar-refractivity contribution is 7.92. The molecule has 0 fully saturated rings. The first-order valence-electron chi connectivity index (χ1n) is 5.77. The van der Waals surface area contributed by atoms with Crippen LogP contribution in [0.25, 0.3) is 0 Å². The number of benzene rings is 2. The second-order valence-corrected chi connectivity index (χ2v) is 6.16. The molecule has 0 spiro atoms. The van der Waals surface area contributed by atoms with Gasteiger partial charge in [-0.3, -0.25) is 4.72 Å². The van der Waals surface area contributed by atoms with E-state index in [0.29, 0.717) is 5.69 Å². The van der Waals surface area contributed by atoms with E-state index in [2.05, 4.69) is 4.72 Å². The molecule has 0 atom stereocenters. The van der Waals surface area contributed by atoms with Crippen molar-refractivity contribution in [1.82, 2.24) is 0 Å². The van der Waals surface area contributed by atoms with Gasteiger partial charge < -0.3 is 5.11 Å². The first-order valence-corrected chi connectivity index (χ1v) is 7.25. The fourth-order valence-corrected chi connectivity index (χ4v) is 2.79. The van der Waals surface area contributed by atoms with Gasteiger partial charge in [-0.05, 0) is 43.7 Å². The van der Waals surface area contributed by atoms with E-state index >= 15 is 0 Å². The van der Waals surface area contributed by atoms with E-state index in [0.717, 1.165) is 11.1 Å². The van der Waals surface area contributed by atoms with Gasteiger partial charge in [-0.1, -0.05) is 17.7 Å². The number of anilines is 1. The van der Waals surface area contributed by atoms with E-state index in [9.17, 15) is 13.5 Å². The second-order valence-electron chi connectivity index (χ2n) is 4.48. The number of nitrogens with one attached hydrogen (secondary N) is 1. The Morgan fingerprint density at radius 2 is 1.58 bits per heavy atom. The summed E-state index contributed by atoms with van der Waals surface area (Å²) in [6.07, 6.45) is 0. The fraction of sp³-hybridized carbons (Fsp3) is 0.143. The molecule has 0 saturated carbocycles. The van der Waals surface area contributed by atoms with Crippen molar-refractivity contribution in [2.45, 2.75) is 18.7 Å². The first-order chi connectivity index (χ1) is 8.87. The van der Waals surface area contributed by atoms with Gasteiger partial charge in [-0.15, -0.1) is 0 Å². The maximum Gasteiger partial charge on any atom is 0.261 e. The van der Waals surface area contributed by atoms with Gasteiger partial charge in [0.25, 0.3) is 10.0 Å². The topological polar surface area (TPSA) is 66.4 Å². The molecular weight excluding hydrogens is 262 g/mol. The Balaban J connectivity index is 2.33. The average Bonchev–Trinajstić information content (AvgIpc) is 2.27. The Labute approximate surface area is 112 Å². The van der Waals surface area contributed by atoms with Gasteiger partial charge in [0.15, 0.2) is 0 Å². The maximum atomic E-state index is 12.1. The quantitative estimate of drug-likeness (QED) is 0.906. The third-order valence-electron chi connectivity index (χ3n) is 2.65. The predicted molar refractivity (Wildman–Crippen MR) is 74.8 cm³/mol. The summed E-state index contributed by atoms with van der Waals surface area (Å²) < 4.78 is 26.7. The third kappa shape index (κ3) is 3.26. The number of phenolic OH excluding ortho intramolecular Hbond substituents is 1. The molecule has 19 heavy (non-hydrogen) atoms. The molecule has 0 saturated heterocycles. The lowest BCUT2D eigenvalue weighted by Crippen LogP contribution is -2.12. The normalized spacial score (nSPS) is 11.3. The summed E-state index contributed by atoms with van der Waals surface area (Å²) in [5.41, 5.74) is 2.12. The third-order valence-corrected chi connectivity index (χ3v) is 4.04. The molecule has 0 bridgehead atoms. The molecule has 4 nitrogen and oxygen atoms in total. The minimum absolute atomic E-state index is 0.0293. The van der Waals surface area contributed by atoms with E-state index in [1.807, 2.05) is 6.92 Å². The molecule has 2 rings (SSSR count). The molecular formula is C14H15NO3S. The van der Waals surface area contributed by atoms with E-state index in [1.165, 1.54) is 6.07 Å². The van der Waals surface area contributed by atoms with Crippen molar-refractivity contribution in [3.05, 3.63) is 53.6 Å². The number of hydrogen-bond acceptors (Lipinski definition) is 3. The molecule has 0 radical (unpaired) electrons. The van der Waals surface area contributed by atoms with Crippen LogP contribution in [0.4, 0.5) is 5.69 Å². The van der Waals surface area contributed by atoms with Crippen molar-refractivity contribution in [2.75, 3.05) is 4.72 Å². The summed E-state index contributed by atoms with van der Waals surface area (Å²) in [5.74, 6) is 0.0293. The van der Waals surface area contributed by atoms with Crippen molar-refractivity contribution in [1.29, 1.82) is 0 Å². The molecule has 2 aromatic carbocycles. The van der Waals surface area contributed by atoms with Crippen LogP contribution in [0.15, 0.2) is 47.4 Å². The summed E-state index contributed by atoms with van der Waals surface area (Å²) in [4.78, 5) is 0.194. The Kier molecular flexibility index (Phi) is 3.48. The number of sulfonamides is 1. The van der Waals surface area contributed by atoms with Crippen molar-refractivity contribution in [3.63, 3.8) is 0 Å². The molecule has 100 valence electrons. The van der Waals surface area contributed by atoms with Crippen LogP contribution in [0.1, 0.15) is 11.1 Å². The average molecular weight is 277 g/mol. The van der Waals surface area contributed by atoms with Gasteiger partial charge in [-0.25, -0.2) is 8.42 Å². The molecule has 2 N–H and O–H groups in total. The second kappa shape index (κ2) is 4.93. The van der Waals surface area contributed by atoms with Crippen LogP contribution in [0.5, 0.6) is 5.75 Å². The van der Waals surface area contributed by atoms with E-state index in [-0.39, 0.29) is 10.6 Å². The van der Waals surface area contributed by atoms with Gasteiger partial charge in [0.05, 0.1) is 10.6 Å². The standard InChI is InChI=1S/C14H15NO3S/c1-10-3-5-14(6-4-10)19(17,18)15-12-7-11(2)8-13(16)9-12/h3-9,15-16H,1-2H3. The Hall–Kier alpha value is -2.01. The minimum Gasteiger partial charge on any atom is -0.508 e. The van der Waals surface area contributed by atoms with Crippen molar-refractivity contribution in [3.8, 4) is 5.75 Å². The number of phenols is 1. The van der Waals surface area contributed by atoms with Crippen LogP contribution in [0.2, 0.25) is 0 Å². The minimum atomic E-state index is -3.62. The highest BCUT2D eigenvalue weighted by Crippen LogP contribution is 2.22. The van der Waals surface area contributed by atoms with E-state index in [4.69, 9.17) is 0 Å². The molecule has 0 unspecified atom stereocenters. The monoisotopic (exact) mass is 277 g/mol. The highest BCUT2D eigenvalue weighted by Gasteiger charge is 2.14. The predicted octanol–water partition coefficient (Wildman–Crippen LogP) is 2.81. The van der Waals surface area contributed by atoms with Gasteiger partial charge >= 0.3 is 0 Å². The summed E-state index contributed by atoms with van der Waals surface area (Å²) in [5, 5.41) is 9.46. The van der Waals surface area contributed by atoms with E-state index < -0.39 is 10.0 Å². The van der Waals surface area contributed by atoms with Crippen LogP contribution in [-0.2, 0) is 10.0 Å². The number of aromatic hydroxyl groups is 1. The lowest BCUT2D eigenvalue weighted by molar-refractivity contribution is 0.475. The highest BCUT2D eigenvalue weighted by atomic mass is 32.2. The van der Waals surface area contributed by atoms with Gasteiger partial charge in [0, 0.05) is 6.07 Å². The zero-order chi connectivity index (χ0) is 14.0. The van der Waals surface area contributed by atoms with Gasteiger partial charge in [0.1, 0.15) is 5.75 Å². The first kappa shape index (κ1) is 13.4. The Morgan fingerprint density at radius 1 is 0.947 bits per heavy atom. The van der Waals surface area contributed by atoms with Crippen LogP contribution in [-0.4, -0.2) is 13.5 Å². The SMILES string of the molecule is Cc1ccc(S(=O)(=O)Nc2cc(C)cc(O)c2)cc1. The fourth-order valence-electron chi connectivity index (χ4n) is 1.75. The smallest absolute Gasteiger partial charge is 0.261 e.